The number of carbonyl (C=O) groups is 6. The van der Waals surface area contributed by atoms with Gasteiger partial charge in [0.05, 0.1) is 13.2 Å². The molecule has 26 heavy (non-hydrogen) atoms. The first-order chi connectivity index (χ1) is 12.3. The Kier molecular flexibility index (Phi) is 5.99. The molecule has 0 spiro atoms. The average Bonchev–Trinajstić information content (AvgIpc) is 3.08. The highest BCUT2D eigenvalue weighted by molar-refractivity contribution is 6.14. The minimum absolute atomic E-state index is 0.0983. The van der Waals surface area contributed by atoms with E-state index in [1.165, 1.54) is 0 Å². The Hall–Kier alpha value is -3.30. The maximum absolute atomic E-state index is 11.6. The molecule has 0 N–H and O–H groups in total. The topological polar surface area (TPSA) is 127 Å². The van der Waals surface area contributed by atoms with Gasteiger partial charge in [-0.15, -0.1) is 0 Å². The number of ether oxygens (including phenoxy) is 2. The fourth-order valence-corrected chi connectivity index (χ4v) is 2.04. The van der Waals surface area contributed by atoms with E-state index in [0.717, 1.165) is 34.1 Å². The number of nitrogens with zero attached hydrogens (tertiary/aromatic N) is 2. The molecule has 0 aliphatic carbocycles. The van der Waals surface area contributed by atoms with Crippen molar-refractivity contribution in [3.63, 3.8) is 0 Å². The summed E-state index contributed by atoms with van der Waals surface area (Å²) >= 11 is 0. The molecule has 2 aliphatic rings. The van der Waals surface area contributed by atoms with Crippen molar-refractivity contribution >= 4 is 35.6 Å². The molecule has 138 valence electrons. The monoisotopic (exact) mass is 364 g/mol. The highest BCUT2D eigenvalue weighted by Gasteiger charge is 2.27. The number of carbonyl (C=O) groups excluding carboxylic acids is 6. The first kappa shape index (κ1) is 19.0. The van der Waals surface area contributed by atoms with Crippen LogP contribution >= 0.6 is 0 Å². The van der Waals surface area contributed by atoms with Crippen LogP contribution in [0.4, 0.5) is 0 Å². The third-order valence-corrected chi connectivity index (χ3v) is 3.43. The van der Waals surface area contributed by atoms with Gasteiger partial charge in [-0.2, -0.15) is 0 Å². The number of rotatable bonds is 8. The molecule has 4 amide bonds. The number of imide groups is 2. The third kappa shape index (κ3) is 4.85. The van der Waals surface area contributed by atoms with Crippen molar-refractivity contribution in [1.29, 1.82) is 0 Å². The van der Waals surface area contributed by atoms with Crippen molar-refractivity contribution in [3.05, 3.63) is 24.3 Å². The van der Waals surface area contributed by atoms with Crippen LogP contribution in [-0.4, -0.2) is 71.7 Å². The van der Waals surface area contributed by atoms with Crippen molar-refractivity contribution in [2.45, 2.75) is 6.92 Å². The van der Waals surface area contributed by atoms with E-state index in [-0.39, 0.29) is 19.1 Å². The summed E-state index contributed by atoms with van der Waals surface area (Å²) in [5.74, 6) is -4.26. The van der Waals surface area contributed by atoms with Gasteiger partial charge in [0.1, 0.15) is 13.1 Å². The highest BCUT2D eigenvalue weighted by atomic mass is 16.5. The second kappa shape index (κ2) is 8.19. The van der Waals surface area contributed by atoms with E-state index in [2.05, 4.69) is 0 Å². The molecule has 0 aromatic heterocycles. The van der Waals surface area contributed by atoms with Crippen molar-refractivity contribution in [2.75, 3.05) is 26.3 Å². The highest BCUT2D eigenvalue weighted by Crippen LogP contribution is 2.06. The standard InChI is InChI=1S/C16H16N2O8/c1-10(8-25-15(23)6-17-11(19)2-3-12(17)20)9-26-16(24)7-18-13(21)4-5-14(18)22/h2-5,10H,6-9H2,1H3. The zero-order valence-corrected chi connectivity index (χ0v) is 13.9. The van der Waals surface area contributed by atoms with Gasteiger partial charge in [0.25, 0.3) is 23.6 Å². The zero-order valence-electron chi connectivity index (χ0n) is 13.9. The summed E-state index contributed by atoms with van der Waals surface area (Å²) < 4.78 is 9.86. The predicted molar refractivity (Wildman–Crippen MR) is 82.8 cm³/mol. The van der Waals surface area contributed by atoms with Crippen LogP contribution in [0.25, 0.3) is 0 Å². The molecule has 2 aliphatic heterocycles. The first-order valence-electron chi connectivity index (χ1n) is 7.66. The van der Waals surface area contributed by atoms with Gasteiger partial charge >= 0.3 is 11.9 Å². The summed E-state index contributed by atoms with van der Waals surface area (Å²) in [5, 5.41) is 0. The molecule has 0 atom stereocenters. The zero-order chi connectivity index (χ0) is 19.3. The number of hydrogen-bond donors (Lipinski definition) is 0. The molecule has 0 aromatic rings. The Bertz CT molecular complexity index is 628. The maximum Gasteiger partial charge on any atom is 0.326 e. The van der Waals surface area contributed by atoms with Crippen LogP contribution in [0, 0.1) is 5.92 Å². The molecule has 10 heteroatoms. The number of hydrogen-bond acceptors (Lipinski definition) is 8. The molecule has 0 saturated heterocycles. The van der Waals surface area contributed by atoms with Crippen LogP contribution in [0.2, 0.25) is 0 Å². The average molecular weight is 364 g/mol. The SMILES string of the molecule is CC(COC(=O)CN1C(=O)C=CC1=O)COC(=O)CN1C(=O)C=CC1=O. The van der Waals surface area contributed by atoms with Crippen LogP contribution in [-0.2, 0) is 38.2 Å². The maximum atomic E-state index is 11.6. The second-order valence-corrected chi connectivity index (χ2v) is 5.66. The molecule has 0 fully saturated rings. The Morgan fingerprint density at radius 1 is 0.769 bits per heavy atom. The van der Waals surface area contributed by atoms with Gasteiger partial charge in [0.15, 0.2) is 0 Å². The van der Waals surface area contributed by atoms with Crippen molar-refractivity contribution in [1.82, 2.24) is 9.80 Å². The van der Waals surface area contributed by atoms with E-state index in [0.29, 0.717) is 0 Å². The largest absolute Gasteiger partial charge is 0.464 e. The molecular formula is C16H16N2O8. The summed E-state index contributed by atoms with van der Waals surface area (Å²) in [6.45, 7) is 0.451. The lowest BCUT2D eigenvalue weighted by molar-refractivity contribution is -0.155. The van der Waals surface area contributed by atoms with Crippen LogP contribution < -0.4 is 0 Å². The van der Waals surface area contributed by atoms with Gasteiger partial charge in [0, 0.05) is 30.2 Å². The lowest BCUT2D eigenvalue weighted by Crippen LogP contribution is -2.37. The van der Waals surface area contributed by atoms with E-state index in [1.54, 1.807) is 6.92 Å². The van der Waals surface area contributed by atoms with E-state index in [9.17, 15) is 28.8 Å². The quantitative estimate of drug-likeness (QED) is 0.378. The van der Waals surface area contributed by atoms with Gasteiger partial charge in [0.2, 0.25) is 0 Å². The number of amides is 4. The molecule has 0 aromatic carbocycles. The summed E-state index contributed by atoms with van der Waals surface area (Å²) in [7, 11) is 0. The predicted octanol–water partition coefficient (Wildman–Crippen LogP) is -1.44. The minimum atomic E-state index is -0.770. The van der Waals surface area contributed by atoms with Gasteiger partial charge in [-0.1, -0.05) is 6.92 Å². The molecule has 0 bridgehead atoms. The molecule has 2 heterocycles. The normalized spacial score (nSPS) is 16.2. The summed E-state index contributed by atoms with van der Waals surface area (Å²) in [6, 6.07) is 0. The Morgan fingerprint density at radius 3 is 1.38 bits per heavy atom. The molecule has 2 rings (SSSR count). The van der Waals surface area contributed by atoms with Crippen molar-refractivity contribution < 1.29 is 38.2 Å². The third-order valence-electron chi connectivity index (χ3n) is 3.43. The van der Waals surface area contributed by atoms with Gasteiger partial charge < -0.3 is 9.47 Å². The van der Waals surface area contributed by atoms with Crippen molar-refractivity contribution in [2.24, 2.45) is 5.92 Å². The second-order valence-electron chi connectivity index (χ2n) is 5.66. The van der Waals surface area contributed by atoms with Gasteiger partial charge in [-0.25, -0.2) is 0 Å². The lowest BCUT2D eigenvalue weighted by atomic mass is 10.2. The van der Waals surface area contributed by atoms with Crippen LogP contribution in [0.1, 0.15) is 6.92 Å². The Morgan fingerprint density at radius 2 is 1.08 bits per heavy atom. The fraction of sp³-hybridized carbons (Fsp3) is 0.375. The Labute approximate surface area is 148 Å². The van der Waals surface area contributed by atoms with Gasteiger partial charge in [-0.3, -0.25) is 38.6 Å². The molecule has 10 nitrogen and oxygen atoms in total. The lowest BCUT2D eigenvalue weighted by Gasteiger charge is -2.16. The van der Waals surface area contributed by atoms with E-state index in [1.807, 2.05) is 0 Å². The first-order valence-corrected chi connectivity index (χ1v) is 7.66. The summed E-state index contributed by atoms with van der Waals surface area (Å²) in [4.78, 5) is 70.1. The van der Waals surface area contributed by atoms with Gasteiger partial charge in [-0.05, 0) is 0 Å². The van der Waals surface area contributed by atoms with E-state index in [4.69, 9.17) is 9.47 Å². The molecular weight excluding hydrogens is 348 g/mol. The van der Waals surface area contributed by atoms with E-state index < -0.39 is 48.7 Å². The minimum Gasteiger partial charge on any atom is -0.464 e. The van der Waals surface area contributed by atoms with Crippen molar-refractivity contribution in [3.8, 4) is 0 Å². The number of esters is 2. The van der Waals surface area contributed by atoms with E-state index >= 15 is 0 Å². The van der Waals surface area contributed by atoms with Crippen LogP contribution in [0.3, 0.4) is 0 Å². The summed E-state index contributed by atoms with van der Waals surface area (Å²) in [6.07, 6.45) is 4.23. The molecule has 0 unspecified atom stereocenters. The fourth-order valence-electron chi connectivity index (χ4n) is 2.04. The smallest absolute Gasteiger partial charge is 0.326 e. The van der Waals surface area contributed by atoms with Crippen LogP contribution in [0.5, 0.6) is 0 Å². The van der Waals surface area contributed by atoms with Crippen LogP contribution in [0.15, 0.2) is 24.3 Å². The summed E-state index contributed by atoms with van der Waals surface area (Å²) in [5.41, 5.74) is 0. The molecule has 0 saturated carbocycles. The molecule has 0 radical (unpaired) electrons. The Balaban J connectivity index is 1.64.